The predicted octanol–water partition coefficient (Wildman–Crippen LogP) is 3.11. The predicted molar refractivity (Wildman–Crippen MR) is 80.0 cm³/mol. The summed E-state index contributed by atoms with van der Waals surface area (Å²) in [7, 11) is 0. The molecule has 3 rings (SSSR count). The maximum atomic E-state index is 12.5. The molecular formula is C14H16N2O2S2. The normalized spacial score (nSPS) is 16.0. The molecule has 1 aliphatic rings. The van der Waals surface area contributed by atoms with Crippen molar-refractivity contribution in [3.05, 3.63) is 33.8 Å². The summed E-state index contributed by atoms with van der Waals surface area (Å²) in [5, 5.41) is 2.50. The fourth-order valence-corrected chi connectivity index (χ4v) is 4.02. The van der Waals surface area contributed by atoms with Gasteiger partial charge in [-0.2, -0.15) is 0 Å². The molecule has 20 heavy (non-hydrogen) atoms. The second kappa shape index (κ2) is 5.61. The van der Waals surface area contributed by atoms with Gasteiger partial charge in [0, 0.05) is 18.0 Å². The van der Waals surface area contributed by atoms with Gasteiger partial charge in [0.2, 0.25) is 5.91 Å². The van der Waals surface area contributed by atoms with Crippen LogP contribution in [0.5, 0.6) is 0 Å². The van der Waals surface area contributed by atoms with Crippen LogP contribution in [-0.4, -0.2) is 27.6 Å². The molecule has 0 bridgehead atoms. The smallest absolute Gasteiger partial charge is 0.256 e. The number of carbonyl (C=O) groups excluding carboxylic acids is 1. The number of thioether (sulfide) groups is 1. The van der Waals surface area contributed by atoms with Crippen LogP contribution in [0.15, 0.2) is 27.3 Å². The molecule has 3 heterocycles. The molecule has 0 saturated carbocycles. The molecule has 0 saturated heterocycles. The number of hydrogen-bond acceptors (Lipinski definition) is 5. The summed E-state index contributed by atoms with van der Waals surface area (Å²) in [6.45, 7) is 5.33. The van der Waals surface area contributed by atoms with Gasteiger partial charge in [-0.3, -0.25) is 4.79 Å². The molecule has 0 radical (unpaired) electrons. The largest absolute Gasteiger partial charge is 0.440 e. The topological polar surface area (TPSA) is 46.3 Å². The van der Waals surface area contributed by atoms with Crippen LogP contribution in [0, 0.1) is 6.92 Å². The van der Waals surface area contributed by atoms with Crippen molar-refractivity contribution >= 4 is 29.0 Å². The van der Waals surface area contributed by atoms with E-state index in [9.17, 15) is 4.79 Å². The number of amides is 1. The highest BCUT2D eigenvalue weighted by molar-refractivity contribution is 8.00. The minimum atomic E-state index is -0.173. The third kappa shape index (κ3) is 2.76. The second-order valence-corrected chi connectivity index (χ2v) is 7.19. The van der Waals surface area contributed by atoms with Crippen LogP contribution in [0.25, 0.3) is 0 Å². The number of thiophene rings is 1. The SMILES string of the molecule is Cc1coc(SC(C)C(=O)N2CCc3sccc3C2)n1. The highest BCUT2D eigenvalue weighted by atomic mass is 32.2. The lowest BCUT2D eigenvalue weighted by Gasteiger charge is -2.28. The average Bonchev–Trinajstić information content (AvgIpc) is 3.05. The van der Waals surface area contributed by atoms with Gasteiger partial charge in [-0.15, -0.1) is 11.3 Å². The highest BCUT2D eigenvalue weighted by Gasteiger charge is 2.26. The lowest BCUT2D eigenvalue weighted by molar-refractivity contribution is -0.131. The van der Waals surface area contributed by atoms with E-state index in [1.54, 1.807) is 17.6 Å². The molecular weight excluding hydrogens is 292 g/mol. The van der Waals surface area contributed by atoms with E-state index in [1.165, 1.54) is 22.2 Å². The zero-order valence-electron chi connectivity index (χ0n) is 11.5. The molecule has 0 N–H and O–H groups in total. The van der Waals surface area contributed by atoms with E-state index in [0.717, 1.165) is 25.2 Å². The first-order chi connectivity index (χ1) is 9.63. The summed E-state index contributed by atoms with van der Waals surface area (Å²) >= 11 is 3.17. The van der Waals surface area contributed by atoms with Crippen molar-refractivity contribution < 1.29 is 9.21 Å². The first-order valence-electron chi connectivity index (χ1n) is 6.56. The first kappa shape index (κ1) is 13.7. The number of nitrogens with zero attached hydrogens (tertiary/aromatic N) is 2. The summed E-state index contributed by atoms with van der Waals surface area (Å²) in [4.78, 5) is 20.1. The minimum Gasteiger partial charge on any atom is -0.440 e. The van der Waals surface area contributed by atoms with E-state index in [-0.39, 0.29) is 11.2 Å². The Balaban J connectivity index is 1.64. The van der Waals surface area contributed by atoms with Crippen LogP contribution in [-0.2, 0) is 17.8 Å². The number of aromatic nitrogens is 1. The van der Waals surface area contributed by atoms with Gasteiger partial charge in [-0.05, 0) is 37.3 Å². The second-order valence-electron chi connectivity index (χ2n) is 4.89. The van der Waals surface area contributed by atoms with Crippen LogP contribution >= 0.6 is 23.1 Å². The Labute approximate surface area is 126 Å². The quantitative estimate of drug-likeness (QED) is 0.817. The Morgan fingerprint density at radius 3 is 3.20 bits per heavy atom. The fourth-order valence-electron chi connectivity index (χ4n) is 2.28. The van der Waals surface area contributed by atoms with Crippen LogP contribution in [0.1, 0.15) is 23.1 Å². The Morgan fingerprint density at radius 2 is 2.45 bits per heavy atom. The summed E-state index contributed by atoms with van der Waals surface area (Å²) in [5.74, 6) is 0.155. The van der Waals surface area contributed by atoms with Crippen LogP contribution < -0.4 is 0 Å². The van der Waals surface area contributed by atoms with E-state index in [0.29, 0.717) is 5.22 Å². The van der Waals surface area contributed by atoms with Crippen molar-refractivity contribution in [3.63, 3.8) is 0 Å². The molecule has 1 aliphatic heterocycles. The summed E-state index contributed by atoms with van der Waals surface area (Å²) in [5.41, 5.74) is 2.13. The van der Waals surface area contributed by atoms with Gasteiger partial charge in [0.1, 0.15) is 6.26 Å². The lowest BCUT2D eigenvalue weighted by atomic mass is 10.1. The molecule has 1 unspecified atom stereocenters. The molecule has 106 valence electrons. The Hall–Kier alpha value is -1.27. The van der Waals surface area contributed by atoms with Gasteiger partial charge < -0.3 is 9.32 Å². The zero-order chi connectivity index (χ0) is 14.1. The standard InChI is InChI=1S/C14H16N2O2S2/c1-9-8-18-14(15-9)20-10(2)13(17)16-5-3-12-11(7-16)4-6-19-12/h4,6,8,10H,3,5,7H2,1-2H3. The summed E-state index contributed by atoms with van der Waals surface area (Å²) < 4.78 is 5.30. The Morgan fingerprint density at radius 1 is 1.60 bits per heavy atom. The maximum Gasteiger partial charge on any atom is 0.256 e. The van der Waals surface area contributed by atoms with E-state index < -0.39 is 0 Å². The molecule has 2 aromatic heterocycles. The molecule has 4 nitrogen and oxygen atoms in total. The average molecular weight is 308 g/mol. The number of carbonyl (C=O) groups is 1. The fraction of sp³-hybridized carbons (Fsp3) is 0.429. The molecule has 0 fully saturated rings. The zero-order valence-corrected chi connectivity index (χ0v) is 13.1. The number of aryl methyl sites for hydroxylation is 1. The van der Waals surface area contributed by atoms with E-state index in [1.807, 2.05) is 18.7 Å². The number of oxazole rings is 1. The van der Waals surface area contributed by atoms with Gasteiger partial charge in [0.15, 0.2) is 0 Å². The van der Waals surface area contributed by atoms with Crippen LogP contribution in [0.2, 0.25) is 0 Å². The molecule has 2 aromatic rings. The number of rotatable bonds is 3. The van der Waals surface area contributed by atoms with E-state index in [4.69, 9.17) is 4.42 Å². The van der Waals surface area contributed by atoms with E-state index >= 15 is 0 Å². The van der Waals surface area contributed by atoms with Gasteiger partial charge in [0.25, 0.3) is 5.22 Å². The molecule has 0 aliphatic carbocycles. The van der Waals surface area contributed by atoms with E-state index in [2.05, 4.69) is 16.4 Å². The highest BCUT2D eigenvalue weighted by Crippen LogP contribution is 2.28. The van der Waals surface area contributed by atoms with Gasteiger partial charge in [0.05, 0.1) is 10.9 Å². The summed E-state index contributed by atoms with van der Waals surface area (Å²) in [6.07, 6.45) is 2.58. The molecule has 1 atom stereocenters. The summed E-state index contributed by atoms with van der Waals surface area (Å²) in [6, 6.07) is 2.12. The Bertz CT molecular complexity index is 620. The molecule has 0 aromatic carbocycles. The Kier molecular flexibility index (Phi) is 3.85. The molecule has 6 heteroatoms. The van der Waals surface area contributed by atoms with Crippen LogP contribution in [0.3, 0.4) is 0 Å². The molecule has 0 spiro atoms. The van der Waals surface area contributed by atoms with Crippen molar-refractivity contribution in [1.29, 1.82) is 0 Å². The van der Waals surface area contributed by atoms with Crippen molar-refractivity contribution in [2.45, 2.75) is 37.3 Å². The van der Waals surface area contributed by atoms with Gasteiger partial charge in [-0.1, -0.05) is 11.8 Å². The molecule has 1 amide bonds. The van der Waals surface area contributed by atoms with Crippen molar-refractivity contribution in [2.75, 3.05) is 6.54 Å². The van der Waals surface area contributed by atoms with Crippen LogP contribution in [0.4, 0.5) is 0 Å². The maximum absolute atomic E-state index is 12.5. The lowest BCUT2D eigenvalue weighted by Crippen LogP contribution is -2.39. The monoisotopic (exact) mass is 308 g/mol. The van der Waals surface area contributed by atoms with Crippen molar-refractivity contribution in [3.8, 4) is 0 Å². The number of fused-ring (bicyclic) bond motifs is 1. The van der Waals surface area contributed by atoms with Crippen molar-refractivity contribution in [2.24, 2.45) is 0 Å². The third-order valence-electron chi connectivity index (χ3n) is 3.34. The van der Waals surface area contributed by atoms with Gasteiger partial charge >= 0.3 is 0 Å². The first-order valence-corrected chi connectivity index (χ1v) is 8.32. The minimum absolute atomic E-state index is 0.155. The van der Waals surface area contributed by atoms with Crippen molar-refractivity contribution in [1.82, 2.24) is 9.88 Å². The number of hydrogen-bond donors (Lipinski definition) is 0. The third-order valence-corrected chi connectivity index (χ3v) is 5.31. The van der Waals surface area contributed by atoms with Gasteiger partial charge in [-0.25, -0.2) is 4.98 Å².